The van der Waals surface area contributed by atoms with Gasteiger partial charge >= 0.3 is 0 Å². The Morgan fingerprint density at radius 1 is 1.20 bits per heavy atom. The lowest BCUT2D eigenvalue weighted by atomic mass is 9.85. The highest BCUT2D eigenvalue weighted by Crippen LogP contribution is 2.28. The summed E-state index contributed by atoms with van der Waals surface area (Å²) in [5.41, 5.74) is 1.70. The molecule has 0 heterocycles. The number of ether oxygens (including phenoxy) is 1. The molecule has 1 aromatic carbocycles. The van der Waals surface area contributed by atoms with Crippen LogP contribution in [0.1, 0.15) is 63.9 Å². The summed E-state index contributed by atoms with van der Waals surface area (Å²) in [6.45, 7) is 12.3. The summed E-state index contributed by atoms with van der Waals surface area (Å²) in [6.07, 6.45) is 0.479. The van der Waals surface area contributed by atoms with Crippen LogP contribution in [0.5, 0.6) is 5.75 Å². The Labute approximate surface area is 123 Å². The second-order valence-corrected chi connectivity index (χ2v) is 5.34. The lowest BCUT2D eigenvalue weighted by Gasteiger charge is -2.21. The minimum absolute atomic E-state index is 0.0309. The number of carbonyl (C=O) groups is 1. The van der Waals surface area contributed by atoms with Crippen molar-refractivity contribution in [1.82, 2.24) is 0 Å². The van der Waals surface area contributed by atoms with E-state index in [0.29, 0.717) is 17.7 Å². The van der Waals surface area contributed by atoms with E-state index in [-0.39, 0.29) is 24.4 Å². The molecule has 20 heavy (non-hydrogen) atoms. The van der Waals surface area contributed by atoms with Crippen LogP contribution >= 0.6 is 0 Å². The Balaban J connectivity index is 0.00000172. The topological polar surface area (TPSA) is 46.5 Å². The van der Waals surface area contributed by atoms with Crippen LogP contribution in [0.2, 0.25) is 0 Å². The van der Waals surface area contributed by atoms with E-state index in [4.69, 9.17) is 9.84 Å². The average Bonchev–Trinajstić information content (AvgIpc) is 2.45. The highest BCUT2D eigenvalue weighted by atomic mass is 16.5. The van der Waals surface area contributed by atoms with E-state index in [1.54, 1.807) is 6.07 Å². The van der Waals surface area contributed by atoms with E-state index in [9.17, 15) is 4.79 Å². The lowest BCUT2D eigenvalue weighted by molar-refractivity contribution is 0.0987. The van der Waals surface area contributed by atoms with Crippen molar-refractivity contribution in [2.45, 2.75) is 53.4 Å². The Bertz CT molecular complexity index is 417. The number of hydrogen-bond acceptors (Lipinski definition) is 3. The average molecular weight is 280 g/mol. The minimum Gasteiger partial charge on any atom is -0.491 e. The third kappa shape index (κ3) is 5.74. The maximum absolute atomic E-state index is 11.8. The molecule has 1 aromatic rings. The predicted octanol–water partition coefficient (Wildman–Crippen LogP) is 3.97. The quantitative estimate of drug-likeness (QED) is 0.830. The first-order valence-electron chi connectivity index (χ1n) is 7.31. The molecule has 1 N–H and O–H groups in total. The van der Waals surface area contributed by atoms with Crippen LogP contribution in [-0.4, -0.2) is 24.1 Å². The third-order valence-electron chi connectivity index (χ3n) is 2.78. The molecule has 0 spiro atoms. The molecule has 0 radical (unpaired) electrons. The Morgan fingerprint density at radius 2 is 1.80 bits per heavy atom. The van der Waals surface area contributed by atoms with Crippen molar-refractivity contribution < 1.29 is 14.6 Å². The summed E-state index contributed by atoms with van der Waals surface area (Å²) in [6, 6.07) is 5.61. The van der Waals surface area contributed by atoms with Crippen molar-refractivity contribution in [3.05, 3.63) is 29.3 Å². The van der Waals surface area contributed by atoms with Crippen molar-refractivity contribution in [1.29, 1.82) is 0 Å². The fraction of sp³-hybridized carbons (Fsp3) is 0.588. The van der Waals surface area contributed by atoms with E-state index >= 15 is 0 Å². The van der Waals surface area contributed by atoms with Crippen molar-refractivity contribution in [3.8, 4) is 5.75 Å². The third-order valence-corrected chi connectivity index (χ3v) is 2.78. The van der Waals surface area contributed by atoms with Gasteiger partial charge in [-0.05, 0) is 29.2 Å². The molecule has 0 aliphatic carbocycles. The van der Waals surface area contributed by atoms with Crippen LogP contribution in [0, 0.1) is 0 Å². The van der Waals surface area contributed by atoms with Gasteiger partial charge in [-0.25, -0.2) is 0 Å². The maximum atomic E-state index is 11.8. The van der Waals surface area contributed by atoms with Gasteiger partial charge in [0.2, 0.25) is 0 Å². The van der Waals surface area contributed by atoms with Gasteiger partial charge in [0, 0.05) is 12.0 Å². The summed E-state index contributed by atoms with van der Waals surface area (Å²) < 4.78 is 5.42. The monoisotopic (exact) mass is 280 g/mol. The van der Waals surface area contributed by atoms with E-state index in [0.717, 1.165) is 5.56 Å². The van der Waals surface area contributed by atoms with Gasteiger partial charge in [0.05, 0.1) is 6.61 Å². The first kappa shape index (κ1) is 18.7. The number of rotatable bonds is 5. The molecule has 0 fully saturated rings. The van der Waals surface area contributed by atoms with Gasteiger partial charge in [-0.2, -0.15) is 0 Å². The van der Waals surface area contributed by atoms with E-state index in [1.165, 1.54) is 0 Å². The molecule has 3 nitrogen and oxygen atoms in total. The zero-order valence-corrected chi connectivity index (χ0v) is 13.6. The van der Waals surface area contributed by atoms with Gasteiger partial charge in [-0.1, -0.05) is 41.5 Å². The highest BCUT2D eigenvalue weighted by molar-refractivity contribution is 5.96. The number of aliphatic hydroxyl groups excluding tert-OH is 1. The fourth-order valence-electron chi connectivity index (χ4n) is 1.64. The Morgan fingerprint density at radius 3 is 2.25 bits per heavy atom. The number of hydrogen-bond donors (Lipinski definition) is 1. The van der Waals surface area contributed by atoms with E-state index in [2.05, 4.69) is 20.8 Å². The summed E-state index contributed by atoms with van der Waals surface area (Å²) in [7, 11) is 0. The molecular formula is C17H28O3. The predicted molar refractivity (Wildman–Crippen MR) is 83.7 cm³/mol. The largest absolute Gasteiger partial charge is 0.491 e. The normalized spacial score (nSPS) is 10.6. The SMILES string of the molecule is CC.CCC(=O)c1cc(OCCO)cc(C(C)(C)C)c1. The molecule has 0 saturated carbocycles. The van der Waals surface area contributed by atoms with Gasteiger partial charge in [0.1, 0.15) is 12.4 Å². The Kier molecular flexibility index (Phi) is 8.16. The zero-order valence-electron chi connectivity index (χ0n) is 13.6. The molecule has 0 aliphatic heterocycles. The van der Waals surface area contributed by atoms with E-state index < -0.39 is 0 Å². The van der Waals surface area contributed by atoms with Crippen molar-refractivity contribution in [2.75, 3.05) is 13.2 Å². The number of Topliss-reactive ketones (excluding diaryl/α,β-unsaturated/α-hetero) is 1. The second kappa shape index (κ2) is 8.75. The Hall–Kier alpha value is -1.35. The number of aliphatic hydroxyl groups is 1. The fourth-order valence-corrected chi connectivity index (χ4v) is 1.64. The van der Waals surface area contributed by atoms with Crippen molar-refractivity contribution >= 4 is 5.78 Å². The molecule has 3 heteroatoms. The molecule has 0 saturated heterocycles. The molecule has 0 amide bonds. The smallest absolute Gasteiger partial charge is 0.162 e. The highest BCUT2D eigenvalue weighted by Gasteiger charge is 2.17. The molecule has 114 valence electrons. The summed E-state index contributed by atoms with van der Waals surface area (Å²) in [5, 5.41) is 8.79. The summed E-state index contributed by atoms with van der Waals surface area (Å²) in [4.78, 5) is 11.8. The van der Waals surface area contributed by atoms with Gasteiger partial charge in [-0.3, -0.25) is 4.79 Å². The first-order valence-corrected chi connectivity index (χ1v) is 7.31. The second-order valence-electron chi connectivity index (χ2n) is 5.34. The van der Waals surface area contributed by atoms with Gasteiger partial charge < -0.3 is 9.84 Å². The maximum Gasteiger partial charge on any atom is 0.162 e. The first-order chi connectivity index (χ1) is 9.38. The number of ketones is 1. The van der Waals surface area contributed by atoms with Gasteiger partial charge in [-0.15, -0.1) is 0 Å². The molecule has 0 atom stereocenters. The van der Waals surface area contributed by atoms with Crippen molar-refractivity contribution in [3.63, 3.8) is 0 Å². The van der Waals surface area contributed by atoms with Crippen LogP contribution in [0.3, 0.4) is 0 Å². The summed E-state index contributed by atoms with van der Waals surface area (Å²) in [5.74, 6) is 0.753. The summed E-state index contributed by atoms with van der Waals surface area (Å²) >= 11 is 0. The van der Waals surface area contributed by atoms with Crippen LogP contribution < -0.4 is 4.74 Å². The molecule has 0 aliphatic rings. The minimum atomic E-state index is -0.0403. The van der Waals surface area contributed by atoms with Crippen LogP contribution in [0.25, 0.3) is 0 Å². The van der Waals surface area contributed by atoms with Crippen LogP contribution in [0.15, 0.2) is 18.2 Å². The van der Waals surface area contributed by atoms with E-state index in [1.807, 2.05) is 32.9 Å². The number of benzene rings is 1. The standard InChI is InChI=1S/C15H22O3.C2H6/c1-5-14(17)11-8-12(15(2,3)4)10-13(9-11)18-7-6-16;1-2/h8-10,16H,5-7H2,1-4H3;1-2H3. The molecular weight excluding hydrogens is 252 g/mol. The molecule has 0 aromatic heterocycles. The molecule has 0 bridgehead atoms. The van der Waals surface area contributed by atoms with Gasteiger partial charge in [0.25, 0.3) is 0 Å². The lowest BCUT2D eigenvalue weighted by Crippen LogP contribution is -2.13. The van der Waals surface area contributed by atoms with Gasteiger partial charge in [0.15, 0.2) is 5.78 Å². The zero-order chi connectivity index (χ0) is 15.8. The molecule has 0 unspecified atom stereocenters. The van der Waals surface area contributed by atoms with Crippen LogP contribution in [0.4, 0.5) is 0 Å². The molecule has 1 rings (SSSR count). The number of carbonyl (C=O) groups excluding carboxylic acids is 1. The van der Waals surface area contributed by atoms with Crippen molar-refractivity contribution in [2.24, 2.45) is 0 Å². The van der Waals surface area contributed by atoms with Crippen LogP contribution in [-0.2, 0) is 5.41 Å².